The van der Waals surface area contributed by atoms with Crippen molar-refractivity contribution in [2.75, 3.05) is 23.4 Å². The van der Waals surface area contributed by atoms with Crippen molar-refractivity contribution in [3.63, 3.8) is 0 Å². The third-order valence-corrected chi connectivity index (χ3v) is 3.71. The predicted molar refractivity (Wildman–Crippen MR) is 79.0 cm³/mol. The lowest BCUT2D eigenvalue weighted by Gasteiger charge is -2.08. The van der Waals surface area contributed by atoms with Crippen LogP contribution in [0.2, 0.25) is 0 Å². The third-order valence-electron chi connectivity index (χ3n) is 2.58. The second kappa shape index (κ2) is 5.87. The summed E-state index contributed by atoms with van der Waals surface area (Å²) in [6, 6.07) is 8.30. The number of nitrogens with zero attached hydrogens (tertiary/aromatic N) is 2. The molecule has 2 rings (SSSR count). The smallest absolute Gasteiger partial charge is 0.175 e. The Kier molecular flexibility index (Phi) is 4.19. The highest BCUT2D eigenvalue weighted by atomic mass is 32.2. The van der Waals surface area contributed by atoms with Crippen LogP contribution in [0, 0.1) is 0 Å². The first-order valence-corrected chi connectivity index (χ1v) is 8.01. The second-order valence-corrected chi connectivity index (χ2v) is 6.26. The number of aromatic nitrogens is 2. The van der Waals surface area contributed by atoms with Crippen molar-refractivity contribution in [1.82, 2.24) is 9.97 Å². The van der Waals surface area contributed by atoms with Gasteiger partial charge in [-0.25, -0.2) is 18.4 Å². The molecule has 1 aromatic carbocycles. The molecule has 0 aliphatic heterocycles. The molecule has 0 bridgehead atoms. The highest BCUT2D eigenvalue weighted by molar-refractivity contribution is 7.90. The summed E-state index contributed by atoms with van der Waals surface area (Å²) in [5.41, 5.74) is 0.763. The van der Waals surface area contributed by atoms with Gasteiger partial charge in [-0.2, -0.15) is 0 Å². The molecule has 20 heavy (non-hydrogen) atoms. The van der Waals surface area contributed by atoms with Gasteiger partial charge in [0.1, 0.15) is 18.0 Å². The van der Waals surface area contributed by atoms with Crippen LogP contribution in [-0.2, 0) is 9.84 Å². The lowest BCUT2D eigenvalue weighted by molar-refractivity contribution is 0.602. The molecule has 0 aliphatic carbocycles. The van der Waals surface area contributed by atoms with Crippen LogP contribution in [0.25, 0.3) is 0 Å². The average molecular weight is 292 g/mol. The van der Waals surface area contributed by atoms with Crippen LogP contribution in [0.1, 0.15) is 6.92 Å². The van der Waals surface area contributed by atoms with Gasteiger partial charge in [0.2, 0.25) is 0 Å². The molecule has 0 aliphatic rings. The van der Waals surface area contributed by atoms with E-state index >= 15 is 0 Å². The van der Waals surface area contributed by atoms with E-state index in [1.165, 1.54) is 12.6 Å². The van der Waals surface area contributed by atoms with Crippen molar-refractivity contribution in [1.29, 1.82) is 0 Å². The van der Waals surface area contributed by atoms with Crippen LogP contribution in [0.4, 0.5) is 17.3 Å². The van der Waals surface area contributed by atoms with Crippen LogP contribution in [-0.4, -0.2) is 31.2 Å². The Bertz CT molecular complexity index is 684. The molecule has 0 fully saturated rings. The van der Waals surface area contributed by atoms with Crippen molar-refractivity contribution >= 4 is 27.2 Å². The highest BCUT2D eigenvalue weighted by Gasteiger charge is 2.06. The van der Waals surface area contributed by atoms with Gasteiger partial charge >= 0.3 is 0 Å². The molecule has 0 spiro atoms. The summed E-state index contributed by atoms with van der Waals surface area (Å²) in [6.07, 6.45) is 2.65. The predicted octanol–water partition coefficient (Wildman–Crippen LogP) is 2.06. The maximum atomic E-state index is 11.4. The lowest BCUT2D eigenvalue weighted by Crippen LogP contribution is -2.02. The van der Waals surface area contributed by atoms with Gasteiger partial charge in [0.15, 0.2) is 9.84 Å². The molecule has 0 radical (unpaired) electrons. The Hall–Kier alpha value is -2.15. The van der Waals surface area contributed by atoms with Crippen molar-refractivity contribution < 1.29 is 8.42 Å². The van der Waals surface area contributed by atoms with E-state index in [4.69, 9.17) is 0 Å². The maximum Gasteiger partial charge on any atom is 0.175 e. The van der Waals surface area contributed by atoms with Gasteiger partial charge in [0.05, 0.1) is 4.90 Å². The van der Waals surface area contributed by atoms with Crippen molar-refractivity contribution in [2.24, 2.45) is 0 Å². The Morgan fingerprint density at radius 1 is 1.10 bits per heavy atom. The lowest BCUT2D eigenvalue weighted by atomic mass is 10.3. The molecule has 6 nitrogen and oxygen atoms in total. The fraction of sp³-hybridized carbons (Fsp3) is 0.231. The minimum absolute atomic E-state index is 0.291. The quantitative estimate of drug-likeness (QED) is 0.877. The first-order valence-electron chi connectivity index (χ1n) is 6.12. The van der Waals surface area contributed by atoms with Gasteiger partial charge in [-0.1, -0.05) is 0 Å². The van der Waals surface area contributed by atoms with Crippen molar-refractivity contribution in [3.8, 4) is 0 Å². The zero-order chi connectivity index (χ0) is 14.6. The van der Waals surface area contributed by atoms with Crippen molar-refractivity contribution in [2.45, 2.75) is 11.8 Å². The molecule has 2 aromatic rings. The summed E-state index contributed by atoms with van der Waals surface area (Å²) < 4.78 is 22.7. The number of sulfone groups is 1. The van der Waals surface area contributed by atoms with Crippen LogP contribution in [0.5, 0.6) is 0 Å². The molecule has 2 N–H and O–H groups in total. The zero-order valence-corrected chi connectivity index (χ0v) is 12.1. The van der Waals surface area contributed by atoms with Gasteiger partial charge in [-0.05, 0) is 31.2 Å². The molecule has 0 saturated heterocycles. The van der Waals surface area contributed by atoms with E-state index in [-0.39, 0.29) is 0 Å². The molecule has 7 heteroatoms. The van der Waals surface area contributed by atoms with Crippen LogP contribution in [0.15, 0.2) is 41.6 Å². The number of hydrogen-bond acceptors (Lipinski definition) is 6. The van der Waals surface area contributed by atoms with Gasteiger partial charge in [-0.15, -0.1) is 0 Å². The van der Waals surface area contributed by atoms with E-state index in [0.29, 0.717) is 10.7 Å². The van der Waals surface area contributed by atoms with E-state index in [1.54, 1.807) is 30.3 Å². The molecule has 0 amide bonds. The van der Waals surface area contributed by atoms with Gasteiger partial charge < -0.3 is 10.6 Å². The summed E-state index contributed by atoms with van der Waals surface area (Å²) in [7, 11) is -3.17. The van der Waals surface area contributed by atoms with Gasteiger partial charge in [0.25, 0.3) is 0 Å². The van der Waals surface area contributed by atoms with E-state index < -0.39 is 9.84 Å². The molecule has 1 aromatic heterocycles. The van der Waals surface area contributed by atoms with Crippen molar-refractivity contribution in [3.05, 3.63) is 36.7 Å². The summed E-state index contributed by atoms with van der Waals surface area (Å²) >= 11 is 0. The Labute approximate surface area is 118 Å². The fourth-order valence-corrected chi connectivity index (χ4v) is 2.27. The Morgan fingerprint density at radius 3 is 2.35 bits per heavy atom. The Morgan fingerprint density at radius 2 is 1.75 bits per heavy atom. The van der Waals surface area contributed by atoms with E-state index in [0.717, 1.165) is 18.1 Å². The number of rotatable bonds is 5. The first kappa shape index (κ1) is 14.3. The largest absolute Gasteiger partial charge is 0.370 e. The molecule has 0 unspecified atom stereocenters. The Balaban J connectivity index is 2.16. The number of benzene rings is 1. The molecule has 0 saturated carbocycles. The zero-order valence-electron chi connectivity index (χ0n) is 11.3. The fourth-order valence-electron chi connectivity index (χ4n) is 1.64. The average Bonchev–Trinajstić information content (AvgIpc) is 2.39. The van der Waals surface area contributed by atoms with Gasteiger partial charge in [0, 0.05) is 24.6 Å². The minimum atomic E-state index is -3.17. The molecule has 106 valence electrons. The summed E-state index contributed by atoms with van der Waals surface area (Å²) in [6.45, 7) is 2.76. The monoisotopic (exact) mass is 292 g/mol. The van der Waals surface area contributed by atoms with Crippen LogP contribution in [0.3, 0.4) is 0 Å². The topological polar surface area (TPSA) is 84.0 Å². The highest BCUT2D eigenvalue weighted by Crippen LogP contribution is 2.18. The maximum absolute atomic E-state index is 11.4. The molecule has 1 heterocycles. The number of hydrogen-bond donors (Lipinski definition) is 2. The molecular weight excluding hydrogens is 276 g/mol. The van der Waals surface area contributed by atoms with E-state index in [2.05, 4.69) is 20.6 Å². The summed E-state index contributed by atoms with van der Waals surface area (Å²) in [5.74, 6) is 1.38. The minimum Gasteiger partial charge on any atom is -0.370 e. The van der Waals surface area contributed by atoms with E-state index in [9.17, 15) is 8.42 Å². The molecular formula is C13H16N4O2S. The summed E-state index contributed by atoms with van der Waals surface area (Å²) in [5, 5.41) is 6.19. The SMILES string of the molecule is CCNc1cc(Nc2ccc(S(C)(=O)=O)cc2)ncn1. The summed E-state index contributed by atoms with van der Waals surface area (Å²) in [4.78, 5) is 8.47. The molecule has 0 atom stereocenters. The van der Waals surface area contributed by atoms with E-state index in [1.807, 2.05) is 6.92 Å². The first-order chi connectivity index (χ1) is 9.49. The number of anilines is 3. The second-order valence-electron chi connectivity index (χ2n) is 4.24. The number of nitrogens with one attached hydrogen (secondary N) is 2. The van der Waals surface area contributed by atoms with Crippen LogP contribution < -0.4 is 10.6 Å². The third kappa shape index (κ3) is 3.67. The van der Waals surface area contributed by atoms with Gasteiger partial charge in [-0.3, -0.25) is 0 Å². The normalized spacial score (nSPS) is 11.1. The van der Waals surface area contributed by atoms with Crippen LogP contribution >= 0.6 is 0 Å². The standard InChI is InChI=1S/C13H16N4O2S/c1-3-14-12-8-13(16-9-15-12)17-10-4-6-11(7-5-10)20(2,18)19/h4-9H,3H2,1-2H3,(H2,14,15,16,17).